The van der Waals surface area contributed by atoms with E-state index in [0.29, 0.717) is 11.5 Å². The summed E-state index contributed by atoms with van der Waals surface area (Å²) < 4.78 is 18.3. The highest BCUT2D eigenvalue weighted by Gasteiger charge is 2.04. The van der Waals surface area contributed by atoms with E-state index in [1.807, 2.05) is 26.1 Å². The Morgan fingerprint density at radius 2 is 1.78 bits per heavy atom. The summed E-state index contributed by atoms with van der Waals surface area (Å²) in [5, 5.41) is 3.11. The van der Waals surface area contributed by atoms with Crippen LogP contribution in [0.4, 0.5) is 4.39 Å². The number of aromatic nitrogens is 1. The molecule has 1 N–H and O–H groups in total. The molecule has 0 radical (unpaired) electrons. The van der Waals surface area contributed by atoms with Crippen LogP contribution in [-0.4, -0.2) is 12.0 Å². The number of halogens is 1. The second-order valence-electron chi connectivity index (χ2n) is 3.99. The fourth-order valence-corrected chi connectivity index (χ4v) is 1.49. The first-order valence-electron chi connectivity index (χ1n) is 5.75. The maximum Gasteiger partial charge on any atom is 0.145 e. The van der Waals surface area contributed by atoms with Gasteiger partial charge in [-0.25, -0.2) is 4.39 Å². The molecule has 1 atom stereocenters. The zero-order chi connectivity index (χ0) is 13.0. The maximum absolute atomic E-state index is 12.7. The van der Waals surface area contributed by atoms with Crippen molar-refractivity contribution in [1.29, 1.82) is 0 Å². The lowest BCUT2D eigenvalue weighted by atomic mass is 10.2. The molecule has 0 spiro atoms. The summed E-state index contributed by atoms with van der Waals surface area (Å²) in [6.45, 7) is 2.03. The number of rotatable bonds is 4. The Hall–Kier alpha value is -1.94. The largest absolute Gasteiger partial charge is 0.456 e. The van der Waals surface area contributed by atoms with E-state index in [-0.39, 0.29) is 11.9 Å². The topological polar surface area (TPSA) is 34.1 Å². The van der Waals surface area contributed by atoms with Crippen LogP contribution in [0.5, 0.6) is 11.5 Å². The minimum absolute atomic E-state index is 0.199. The highest BCUT2D eigenvalue weighted by atomic mass is 19.1. The van der Waals surface area contributed by atoms with Gasteiger partial charge in [-0.2, -0.15) is 0 Å². The zero-order valence-electron chi connectivity index (χ0n) is 10.4. The van der Waals surface area contributed by atoms with Crippen LogP contribution in [0, 0.1) is 5.82 Å². The van der Waals surface area contributed by atoms with Crippen LogP contribution in [0.1, 0.15) is 18.7 Å². The number of hydrogen-bond acceptors (Lipinski definition) is 3. The molecule has 2 rings (SSSR count). The molecule has 2 aromatic rings. The van der Waals surface area contributed by atoms with Crippen molar-refractivity contribution in [2.45, 2.75) is 13.0 Å². The molecule has 0 aliphatic rings. The smallest absolute Gasteiger partial charge is 0.145 e. The minimum Gasteiger partial charge on any atom is -0.456 e. The molecular weight excluding hydrogens is 231 g/mol. The van der Waals surface area contributed by atoms with Gasteiger partial charge in [0.1, 0.15) is 17.3 Å². The summed E-state index contributed by atoms with van der Waals surface area (Å²) in [5.74, 6) is 0.944. The number of pyridine rings is 1. The van der Waals surface area contributed by atoms with E-state index in [4.69, 9.17) is 4.74 Å². The SMILES string of the molecule is CNC(C)c1ccc(Oc2ccc(F)cc2)cn1. The van der Waals surface area contributed by atoms with Crippen molar-refractivity contribution in [3.63, 3.8) is 0 Å². The van der Waals surface area contributed by atoms with Crippen molar-refractivity contribution in [3.8, 4) is 11.5 Å². The molecule has 0 aliphatic carbocycles. The molecule has 1 unspecified atom stereocenters. The Morgan fingerprint density at radius 1 is 1.11 bits per heavy atom. The molecule has 1 aromatic carbocycles. The van der Waals surface area contributed by atoms with Gasteiger partial charge in [-0.3, -0.25) is 4.98 Å². The highest BCUT2D eigenvalue weighted by Crippen LogP contribution is 2.21. The first kappa shape index (κ1) is 12.5. The van der Waals surface area contributed by atoms with Gasteiger partial charge in [0.25, 0.3) is 0 Å². The van der Waals surface area contributed by atoms with Gasteiger partial charge >= 0.3 is 0 Å². The van der Waals surface area contributed by atoms with Crippen molar-refractivity contribution in [3.05, 3.63) is 54.1 Å². The molecule has 0 aliphatic heterocycles. The number of benzene rings is 1. The van der Waals surface area contributed by atoms with Gasteiger partial charge in [0.05, 0.1) is 11.9 Å². The summed E-state index contributed by atoms with van der Waals surface area (Å²) in [7, 11) is 1.88. The average Bonchev–Trinajstić information content (AvgIpc) is 2.41. The number of nitrogens with one attached hydrogen (secondary N) is 1. The van der Waals surface area contributed by atoms with Gasteiger partial charge < -0.3 is 10.1 Å². The number of nitrogens with zero attached hydrogens (tertiary/aromatic N) is 1. The van der Waals surface area contributed by atoms with Crippen molar-refractivity contribution in [2.75, 3.05) is 7.05 Å². The third kappa shape index (κ3) is 3.05. The summed E-state index contributed by atoms with van der Waals surface area (Å²) in [6, 6.07) is 9.84. The normalized spacial score (nSPS) is 12.2. The molecule has 1 aromatic heterocycles. The van der Waals surface area contributed by atoms with Crippen LogP contribution in [-0.2, 0) is 0 Å². The van der Waals surface area contributed by atoms with Gasteiger partial charge in [0.2, 0.25) is 0 Å². The molecule has 18 heavy (non-hydrogen) atoms. The van der Waals surface area contributed by atoms with E-state index >= 15 is 0 Å². The summed E-state index contributed by atoms with van der Waals surface area (Å²) in [6.07, 6.45) is 1.66. The molecule has 0 amide bonds. The molecule has 4 heteroatoms. The van der Waals surface area contributed by atoms with Crippen molar-refractivity contribution < 1.29 is 9.13 Å². The number of ether oxygens (including phenoxy) is 1. The Labute approximate surface area is 106 Å². The summed E-state index contributed by atoms with van der Waals surface area (Å²) in [4.78, 5) is 4.30. The number of hydrogen-bond donors (Lipinski definition) is 1. The van der Waals surface area contributed by atoms with E-state index in [1.165, 1.54) is 12.1 Å². The van der Waals surface area contributed by atoms with Gasteiger partial charge in [-0.05, 0) is 50.4 Å². The van der Waals surface area contributed by atoms with Crippen LogP contribution in [0.2, 0.25) is 0 Å². The average molecular weight is 246 g/mol. The van der Waals surface area contributed by atoms with Gasteiger partial charge in [0.15, 0.2) is 0 Å². The lowest BCUT2D eigenvalue weighted by Crippen LogP contribution is -2.13. The molecule has 1 heterocycles. The Balaban J connectivity index is 2.08. The van der Waals surface area contributed by atoms with E-state index < -0.39 is 0 Å². The fraction of sp³-hybridized carbons (Fsp3) is 0.214. The second kappa shape index (κ2) is 5.60. The minimum atomic E-state index is -0.279. The van der Waals surface area contributed by atoms with Crippen LogP contribution in [0.25, 0.3) is 0 Å². The lowest BCUT2D eigenvalue weighted by molar-refractivity contribution is 0.476. The highest BCUT2D eigenvalue weighted by molar-refractivity contribution is 5.30. The molecule has 0 saturated carbocycles. The monoisotopic (exact) mass is 246 g/mol. The van der Waals surface area contributed by atoms with Crippen LogP contribution >= 0.6 is 0 Å². The van der Waals surface area contributed by atoms with E-state index in [1.54, 1.807) is 18.3 Å². The van der Waals surface area contributed by atoms with E-state index in [0.717, 1.165) is 5.69 Å². The quantitative estimate of drug-likeness (QED) is 0.898. The maximum atomic E-state index is 12.7. The Bertz CT molecular complexity index is 496. The molecule has 94 valence electrons. The first-order valence-corrected chi connectivity index (χ1v) is 5.75. The van der Waals surface area contributed by atoms with Crippen LogP contribution in [0.15, 0.2) is 42.6 Å². The van der Waals surface area contributed by atoms with Gasteiger partial charge in [-0.15, -0.1) is 0 Å². The van der Waals surface area contributed by atoms with Crippen molar-refractivity contribution in [1.82, 2.24) is 10.3 Å². The summed E-state index contributed by atoms with van der Waals surface area (Å²) >= 11 is 0. The third-order valence-corrected chi connectivity index (χ3v) is 2.69. The first-order chi connectivity index (χ1) is 8.69. The molecule has 0 fully saturated rings. The predicted octanol–water partition coefficient (Wildman–Crippen LogP) is 3.29. The Morgan fingerprint density at radius 3 is 2.33 bits per heavy atom. The lowest BCUT2D eigenvalue weighted by Gasteiger charge is -2.10. The summed E-state index contributed by atoms with van der Waals surface area (Å²) in [5.41, 5.74) is 0.948. The fourth-order valence-electron chi connectivity index (χ4n) is 1.49. The third-order valence-electron chi connectivity index (χ3n) is 2.69. The van der Waals surface area contributed by atoms with Crippen LogP contribution in [0.3, 0.4) is 0 Å². The molecule has 3 nitrogen and oxygen atoms in total. The molecule has 0 bridgehead atoms. The molecular formula is C14H15FN2O. The van der Waals surface area contributed by atoms with Gasteiger partial charge in [-0.1, -0.05) is 0 Å². The molecule has 0 saturated heterocycles. The predicted molar refractivity (Wildman–Crippen MR) is 68.2 cm³/mol. The zero-order valence-corrected chi connectivity index (χ0v) is 10.4. The Kier molecular flexibility index (Phi) is 3.89. The van der Waals surface area contributed by atoms with Crippen molar-refractivity contribution >= 4 is 0 Å². The van der Waals surface area contributed by atoms with E-state index in [2.05, 4.69) is 10.3 Å². The van der Waals surface area contributed by atoms with Crippen LogP contribution < -0.4 is 10.1 Å². The second-order valence-corrected chi connectivity index (χ2v) is 3.99. The van der Waals surface area contributed by atoms with Crippen molar-refractivity contribution in [2.24, 2.45) is 0 Å². The standard InChI is InChI=1S/C14H15FN2O/c1-10(16-2)14-8-7-13(9-17-14)18-12-5-3-11(15)4-6-12/h3-10,16H,1-2H3. The van der Waals surface area contributed by atoms with Gasteiger partial charge in [0, 0.05) is 6.04 Å². The van der Waals surface area contributed by atoms with E-state index in [9.17, 15) is 4.39 Å².